The maximum atomic E-state index is 14.3. The lowest BCUT2D eigenvalue weighted by atomic mass is 10.1. The Hall–Kier alpha value is -1.16. The first-order valence-corrected chi connectivity index (χ1v) is 11.8. The van der Waals surface area contributed by atoms with Crippen molar-refractivity contribution in [2.45, 2.75) is 24.4 Å². The van der Waals surface area contributed by atoms with Crippen molar-refractivity contribution in [2.75, 3.05) is 31.6 Å². The van der Waals surface area contributed by atoms with E-state index in [1.165, 1.54) is 13.3 Å². The zero-order valence-electron chi connectivity index (χ0n) is 13.9. The van der Waals surface area contributed by atoms with Crippen molar-refractivity contribution in [3.8, 4) is 0 Å². The van der Waals surface area contributed by atoms with E-state index in [9.17, 15) is 32.7 Å². The van der Waals surface area contributed by atoms with Gasteiger partial charge in [0.2, 0.25) is 6.23 Å². The van der Waals surface area contributed by atoms with Crippen molar-refractivity contribution in [1.82, 2.24) is 9.55 Å². The summed E-state index contributed by atoms with van der Waals surface area (Å²) >= 11 is 0. The molecule has 2 rings (SSSR count). The molecule has 148 valence electrons. The molecule has 0 bridgehead atoms. The van der Waals surface area contributed by atoms with Crippen LogP contribution >= 0.6 is 14.7 Å². The molecule has 2 heterocycles. The van der Waals surface area contributed by atoms with Crippen LogP contribution < -0.4 is 11.4 Å². The quantitative estimate of drug-likeness (QED) is 0.562. The van der Waals surface area contributed by atoms with Crippen LogP contribution in [-0.2, 0) is 18.4 Å². The van der Waals surface area contributed by atoms with E-state index < -0.39 is 57.3 Å². The third-order valence-electron chi connectivity index (χ3n) is 3.44. The highest BCUT2D eigenvalue weighted by atomic mass is 31.2. The lowest BCUT2D eigenvalue weighted by molar-refractivity contribution is -0.140. The van der Waals surface area contributed by atoms with Crippen molar-refractivity contribution in [3.63, 3.8) is 0 Å². The van der Waals surface area contributed by atoms with Crippen LogP contribution in [0.1, 0.15) is 6.23 Å². The van der Waals surface area contributed by atoms with Crippen LogP contribution in [0.25, 0.3) is 0 Å². The Balaban J connectivity index is 2.17. The Morgan fingerprint density at radius 3 is 2.62 bits per heavy atom. The molecule has 0 radical (unpaired) electrons. The Labute approximate surface area is 146 Å². The standard InChI is InChI=1S/C12H19F2N3O7P2/c1-25(2,20)6-26(21,22)23-5-7-9(18)12(13,14)10(24-7)17-4-3-8(15)16-11(17)19/h3-4,7,9-10,18H,5-6H2,1-2H3,(H,21,22)(H2,15,16,19)/t7-,9+,10-/m1/s1. The van der Waals surface area contributed by atoms with Crippen molar-refractivity contribution >= 4 is 20.6 Å². The van der Waals surface area contributed by atoms with Gasteiger partial charge >= 0.3 is 19.2 Å². The smallest absolute Gasteiger partial charge is 0.351 e. The lowest BCUT2D eigenvalue weighted by Crippen LogP contribution is -2.41. The average Bonchev–Trinajstić information content (AvgIpc) is 2.66. The van der Waals surface area contributed by atoms with Gasteiger partial charge in [-0.15, -0.1) is 0 Å². The first-order valence-electron chi connectivity index (χ1n) is 7.29. The second kappa shape index (κ2) is 7.10. The van der Waals surface area contributed by atoms with Gasteiger partial charge in [-0.1, -0.05) is 0 Å². The SMILES string of the molecule is CP(C)(=O)CP(=O)(O)OC[C@H]1O[C@@H](n2ccc(N)nc2=O)C(F)(F)[C@H]1O. The molecule has 0 aliphatic carbocycles. The average molecular weight is 417 g/mol. The molecular formula is C12H19F2N3O7P2. The number of nitrogen functional groups attached to an aromatic ring is 1. The van der Waals surface area contributed by atoms with Crippen LogP contribution in [-0.4, -0.2) is 63.5 Å². The Morgan fingerprint density at radius 1 is 1.46 bits per heavy atom. The van der Waals surface area contributed by atoms with Gasteiger partial charge in [0, 0.05) is 6.20 Å². The number of nitrogens with zero attached hydrogens (tertiary/aromatic N) is 2. The molecule has 0 amide bonds. The molecule has 1 saturated heterocycles. The fraction of sp³-hybridized carbons (Fsp3) is 0.667. The number of nitrogens with two attached hydrogens (primary N) is 1. The summed E-state index contributed by atoms with van der Waals surface area (Å²) in [7, 11) is -7.25. The van der Waals surface area contributed by atoms with Gasteiger partial charge in [-0.25, -0.2) is 4.79 Å². The molecule has 1 unspecified atom stereocenters. The number of hydrogen-bond acceptors (Lipinski definition) is 8. The minimum Gasteiger partial charge on any atom is -0.384 e. The number of ether oxygens (including phenoxy) is 1. The monoisotopic (exact) mass is 417 g/mol. The van der Waals surface area contributed by atoms with Crippen LogP contribution in [0.3, 0.4) is 0 Å². The summed E-state index contributed by atoms with van der Waals surface area (Å²) in [6, 6.07) is 1.10. The van der Waals surface area contributed by atoms with Crippen molar-refractivity contribution in [1.29, 1.82) is 0 Å². The Kier molecular flexibility index (Phi) is 5.78. The Bertz CT molecular complexity index is 827. The first-order chi connectivity index (χ1) is 11.7. The van der Waals surface area contributed by atoms with E-state index in [4.69, 9.17) is 10.5 Å². The summed E-state index contributed by atoms with van der Waals surface area (Å²) in [5, 5.41) is 9.78. The van der Waals surface area contributed by atoms with Crippen LogP contribution in [0, 0.1) is 0 Å². The van der Waals surface area contributed by atoms with Gasteiger partial charge in [0.1, 0.15) is 17.8 Å². The van der Waals surface area contributed by atoms with Gasteiger partial charge in [0.05, 0.1) is 13.7 Å². The molecule has 0 saturated carbocycles. The molecule has 1 aliphatic rings. The van der Waals surface area contributed by atoms with Gasteiger partial charge in [0.15, 0.2) is 6.10 Å². The minimum atomic E-state index is -4.34. The van der Waals surface area contributed by atoms with E-state index in [0.717, 1.165) is 12.3 Å². The van der Waals surface area contributed by atoms with Gasteiger partial charge in [0.25, 0.3) is 0 Å². The lowest BCUT2D eigenvalue weighted by Gasteiger charge is -2.20. The summed E-state index contributed by atoms with van der Waals surface area (Å²) in [5.41, 5.74) is 4.17. The predicted octanol–water partition coefficient (Wildman–Crippen LogP) is 0.501. The summed E-state index contributed by atoms with van der Waals surface area (Å²) in [4.78, 5) is 24.7. The molecule has 1 aliphatic heterocycles. The van der Waals surface area contributed by atoms with Crippen LogP contribution in [0.2, 0.25) is 0 Å². The van der Waals surface area contributed by atoms with Crippen molar-refractivity contribution < 1.29 is 37.2 Å². The number of anilines is 1. The zero-order valence-corrected chi connectivity index (χ0v) is 15.6. The molecule has 1 aromatic rings. The molecular weight excluding hydrogens is 398 g/mol. The molecule has 14 heteroatoms. The Morgan fingerprint density at radius 2 is 2.08 bits per heavy atom. The van der Waals surface area contributed by atoms with Crippen molar-refractivity contribution in [3.05, 3.63) is 22.7 Å². The number of hydrogen-bond donors (Lipinski definition) is 3. The van der Waals surface area contributed by atoms with Crippen LogP contribution in [0.5, 0.6) is 0 Å². The van der Waals surface area contributed by atoms with Crippen LogP contribution in [0.15, 0.2) is 17.1 Å². The van der Waals surface area contributed by atoms with E-state index in [1.807, 2.05) is 0 Å². The predicted molar refractivity (Wildman–Crippen MR) is 87.9 cm³/mol. The summed E-state index contributed by atoms with van der Waals surface area (Å²) in [6.45, 7) is 1.67. The second-order valence-corrected chi connectivity index (χ2v) is 12.1. The molecule has 4 atom stereocenters. The number of aliphatic hydroxyl groups excluding tert-OH is 1. The molecule has 10 nitrogen and oxygen atoms in total. The fourth-order valence-electron chi connectivity index (χ4n) is 2.37. The van der Waals surface area contributed by atoms with E-state index in [0.29, 0.717) is 4.57 Å². The fourth-order valence-corrected chi connectivity index (χ4v) is 6.52. The van der Waals surface area contributed by atoms with E-state index in [-0.39, 0.29) is 5.82 Å². The number of aliphatic hydroxyl groups is 1. The van der Waals surface area contributed by atoms with Gasteiger partial charge < -0.3 is 29.6 Å². The summed E-state index contributed by atoms with van der Waals surface area (Å²) in [5.74, 6) is -4.73. The van der Waals surface area contributed by atoms with Gasteiger partial charge in [-0.2, -0.15) is 13.8 Å². The number of aromatic nitrogens is 2. The highest BCUT2D eigenvalue weighted by Gasteiger charge is 2.60. The highest BCUT2D eigenvalue weighted by Crippen LogP contribution is 2.56. The second-order valence-electron chi connectivity index (χ2n) is 6.34. The van der Waals surface area contributed by atoms with Gasteiger partial charge in [-0.05, 0) is 19.4 Å². The number of halogens is 2. The molecule has 26 heavy (non-hydrogen) atoms. The summed E-state index contributed by atoms with van der Waals surface area (Å²) in [6.07, 6.45) is -5.38. The van der Waals surface area contributed by atoms with Crippen LogP contribution in [0.4, 0.5) is 14.6 Å². The molecule has 0 aromatic carbocycles. The third-order valence-corrected chi connectivity index (χ3v) is 8.15. The van der Waals surface area contributed by atoms with E-state index >= 15 is 0 Å². The zero-order chi connectivity index (χ0) is 19.9. The van der Waals surface area contributed by atoms with E-state index in [1.54, 1.807) is 0 Å². The molecule has 1 fully saturated rings. The molecule has 0 spiro atoms. The largest absolute Gasteiger partial charge is 0.384 e. The third kappa shape index (κ3) is 4.76. The molecule has 1 aromatic heterocycles. The number of alkyl halides is 2. The number of rotatable bonds is 6. The maximum absolute atomic E-state index is 14.3. The topological polar surface area (TPSA) is 154 Å². The van der Waals surface area contributed by atoms with Gasteiger partial charge in [-0.3, -0.25) is 9.13 Å². The highest BCUT2D eigenvalue weighted by molar-refractivity contribution is 7.75. The normalized spacial score (nSPS) is 28.0. The van der Waals surface area contributed by atoms with E-state index in [2.05, 4.69) is 9.51 Å². The maximum Gasteiger partial charge on any atom is 0.351 e. The first kappa shape index (κ1) is 21.1. The summed E-state index contributed by atoms with van der Waals surface area (Å²) < 4.78 is 62.2. The minimum absolute atomic E-state index is 0.183. The van der Waals surface area contributed by atoms with Crippen molar-refractivity contribution in [2.24, 2.45) is 0 Å². The molecule has 4 N–H and O–H groups in total.